The van der Waals surface area contributed by atoms with Crippen LogP contribution in [0, 0.1) is 0 Å². The Labute approximate surface area is 168 Å². The molecule has 0 atom stereocenters. The van der Waals surface area contributed by atoms with Gasteiger partial charge in [-0.1, -0.05) is 59.8 Å². The Morgan fingerprint density at radius 3 is 2.50 bits per heavy atom. The fourth-order valence-corrected chi connectivity index (χ4v) is 2.03. The highest BCUT2D eigenvalue weighted by Gasteiger charge is 1.97. The second kappa shape index (κ2) is 12.3. The minimum atomic E-state index is 0.400. The Morgan fingerprint density at radius 2 is 1.92 bits per heavy atom. The summed E-state index contributed by atoms with van der Waals surface area (Å²) in [5.74, 6) is 0.808. The molecule has 0 aromatic heterocycles. The Bertz CT molecular complexity index is 764. The van der Waals surface area contributed by atoms with Gasteiger partial charge in [0.05, 0.1) is 12.8 Å². The number of halogens is 1. The Morgan fingerprint density at radius 1 is 1.23 bits per heavy atom. The van der Waals surface area contributed by atoms with Crippen molar-refractivity contribution in [2.45, 2.75) is 6.92 Å². The second-order valence-electron chi connectivity index (χ2n) is 4.76. The molecule has 0 bridgehead atoms. The number of rotatable bonds is 5. The summed E-state index contributed by atoms with van der Waals surface area (Å²) in [7, 11) is 0. The molecule has 2 aromatic rings. The minimum Gasteiger partial charge on any atom is -0.494 e. The number of thiocarbonyl (C=S) groups is 1. The third kappa shape index (κ3) is 8.84. The summed E-state index contributed by atoms with van der Waals surface area (Å²) in [6, 6.07) is 14.8. The molecule has 4 N–H and O–H groups in total. The Kier molecular flexibility index (Phi) is 10.4. The van der Waals surface area contributed by atoms with E-state index >= 15 is 0 Å². The standard InChI is InChI=1S/C9H10ClN3S.C9H11NOS/c1-14-9(11)13-12-6-7-2-4-8(10)5-3-7;1-2-11-8-5-3-4-7(6-8)9(10)12/h2-6H,1H3,(H2,11,13);3-6H,2H2,1H3,(H2,10,12)/b12-6+;. The first-order chi connectivity index (χ1) is 12.5. The molecule has 2 rings (SSSR count). The van der Waals surface area contributed by atoms with Crippen molar-refractivity contribution in [1.29, 1.82) is 0 Å². The summed E-state index contributed by atoms with van der Waals surface area (Å²) >= 11 is 11.9. The molecule has 2 aromatic carbocycles. The van der Waals surface area contributed by atoms with Crippen LogP contribution < -0.4 is 16.2 Å². The van der Waals surface area contributed by atoms with Gasteiger partial charge in [0.2, 0.25) is 0 Å². The molecule has 0 unspecified atom stereocenters. The number of hydrogen-bond acceptors (Lipinski definition) is 5. The van der Waals surface area contributed by atoms with Crippen LogP contribution in [-0.4, -0.2) is 29.2 Å². The van der Waals surface area contributed by atoms with E-state index in [0.717, 1.165) is 16.9 Å². The highest BCUT2D eigenvalue weighted by atomic mass is 35.5. The van der Waals surface area contributed by atoms with Crippen LogP contribution in [0.4, 0.5) is 0 Å². The van der Waals surface area contributed by atoms with Gasteiger partial charge in [-0.2, -0.15) is 5.10 Å². The van der Waals surface area contributed by atoms with Crippen molar-refractivity contribution in [3.05, 3.63) is 64.7 Å². The summed E-state index contributed by atoms with van der Waals surface area (Å²) < 4.78 is 5.28. The number of thioether (sulfide) groups is 1. The first-order valence-electron chi connectivity index (χ1n) is 7.65. The normalized spacial score (nSPS) is 11.0. The maximum Gasteiger partial charge on any atom is 0.180 e. The molecule has 0 saturated carbocycles. The van der Waals surface area contributed by atoms with E-state index in [0.29, 0.717) is 21.8 Å². The van der Waals surface area contributed by atoms with Gasteiger partial charge in [0.15, 0.2) is 5.17 Å². The third-order valence-corrected chi connectivity index (χ3v) is 3.86. The predicted molar refractivity (Wildman–Crippen MR) is 118 cm³/mol. The lowest BCUT2D eigenvalue weighted by molar-refractivity contribution is 0.340. The van der Waals surface area contributed by atoms with Gasteiger partial charge in [0.25, 0.3) is 0 Å². The molecule has 138 valence electrons. The maximum atomic E-state index is 5.72. The van der Waals surface area contributed by atoms with Crippen molar-refractivity contribution in [2.75, 3.05) is 12.9 Å². The van der Waals surface area contributed by atoms with E-state index in [-0.39, 0.29) is 0 Å². The van der Waals surface area contributed by atoms with Crippen LogP contribution in [0.1, 0.15) is 18.1 Å². The molecular formula is C18H21ClN4OS2. The summed E-state index contributed by atoms with van der Waals surface area (Å²) in [4.78, 5) is 0.400. The van der Waals surface area contributed by atoms with Gasteiger partial charge in [-0.3, -0.25) is 0 Å². The van der Waals surface area contributed by atoms with Crippen molar-refractivity contribution < 1.29 is 4.74 Å². The molecular weight excluding hydrogens is 388 g/mol. The van der Waals surface area contributed by atoms with Gasteiger partial charge in [-0.15, -0.1) is 5.10 Å². The van der Waals surface area contributed by atoms with Crippen molar-refractivity contribution in [2.24, 2.45) is 21.7 Å². The largest absolute Gasteiger partial charge is 0.494 e. The van der Waals surface area contributed by atoms with E-state index in [9.17, 15) is 0 Å². The van der Waals surface area contributed by atoms with Crippen molar-refractivity contribution in [3.63, 3.8) is 0 Å². The third-order valence-electron chi connectivity index (χ3n) is 2.87. The summed E-state index contributed by atoms with van der Waals surface area (Å²) in [6.07, 6.45) is 3.47. The monoisotopic (exact) mass is 408 g/mol. The van der Waals surface area contributed by atoms with Crippen LogP contribution in [0.2, 0.25) is 5.02 Å². The zero-order chi connectivity index (χ0) is 19.4. The SMILES string of the molecule is CCOc1cccc(C(N)=S)c1.CS/C(N)=N/N=C/c1ccc(Cl)cc1. The van der Waals surface area contributed by atoms with Gasteiger partial charge >= 0.3 is 0 Å². The van der Waals surface area contributed by atoms with Crippen molar-refractivity contribution >= 4 is 52.0 Å². The van der Waals surface area contributed by atoms with Gasteiger partial charge in [-0.25, -0.2) is 0 Å². The zero-order valence-corrected chi connectivity index (χ0v) is 16.9. The number of hydrogen-bond donors (Lipinski definition) is 2. The summed E-state index contributed by atoms with van der Waals surface area (Å²) in [6.45, 7) is 2.59. The predicted octanol–water partition coefficient (Wildman–Crippen LogP) is 4.07. The van der Waals surface area contributed by atoms with Crippen molar-refractivity contribution in [3.8, 4) is 5.75 Å². The van der Waals surface area contributed by atoms with Crippen molar-refractivity contribution in [1.82, 2.24) is 0 Å². The number of nitrogens with two attached hydrogens (primary N) is 2. The fraction of sp³-hybridized carbons (Fsp3) is 0.167. The lowest BCUT2D eigenvalue weighted by Gasteiger charge is -2.03. The number of amidine groups is 1. The van der Waals surface area contributed by atoms with E-state index in [2.05, 4.69) is 10.2 Å². The quantitative estimate of drug-likeness (QED) is 0.337. The van der Waals surface area contributed by atoms with Crippen LogP contribution in [0.25, 0.3) is 0 Å². The molecule has 0 aliphatic carbocycles. The van der Waals surface area contributed by atoms with E-state index in [1.807, 2.05) is 49.6 Å². The topological polar surface area (TPSA) is 86.0 Å². The first-order valence-corrected chi connectivity index (χ1v) is 9.66. The molecule has 0 spiro atoms. The van der Waals surface area contributed by atoms with Crippen LogP contribution in [0.15, 0.2) is 58.7 Å². The van der Waals surface area contributed by atoms with E-state index in [1.54, 1.807) is 18.3 Å². The van der Waals surface area contributed by atoms with Crippen LogP contribution in [-0.2, 0) is 0 Å². The second-order valence-corrected chi connectivity index (χ2v) is 6.47. The molecule has 0 aliphatic heterocycles. The molecule has 0 heterocycles. The van der Waals surface area contributed by atoms with Crippen LogP contribution in [0.3, 0.4) is 0 Å². The minimum absolute atomic E-state index is 0.400. The highest BCUT2D eigenvalue weighted by Crippen LogP contribution is 2.12. The van der Waals surface area contributed by atoms with Crippen LogP contribution >= 0.6 is 35.6 Å². The molecule has 5 nitrogen and oxygen atoms in total. The average molecular weight is 409 g/mol. The lowest BCUT2D eigenvalue weighted by Crippen LogP contribution is -2.09. The van der Waals surface area contributed by atoms with Gasteiger partial charge in [0.1, 0.15) is 10.7 Å². The molecule has 0 amide bonds. The first kappa shape index (κ1) is 22.0. The van der Waals surface area contributed by atoms with E-state index < -0.39 is 0 Å². The Hall–Kier alpha value is -2.09. The molecule has 8 heteroatoms. The maximum absolute atomic E-state index is 5.72. The summed E-state index contributed by atoms with van der Waals surface area (Å²) in [5.41, 5.74) is 12.7. The zero-order valence-electron chi connectivity index (χ0n) is 14.6. The number of ether oxygens (including phenoxy) is 1. The number of nitrogens with zero attached hydrogens (tertiary/aromatic N) is 2. The summed E-state index contributed by atoms with van der Waals surface area (Å²) in [5, 5.41) is 8.71. The van der Waals surface area contributed by atoms with Gasteiger partial charge in [0, 0.05) is 10.6 Å². The Balaban J connectivity index is 0.000000263. The molecule has 0 aliphatic rings. The molecule has 0 radical (unpaired) electrons. The molecule has 26 heavy (non-hydrogen) atoms. The van der Waals surface area contributed by atoms with Gasteiger partial charge < -0.3 is 16.2 Å². The van der Waals surface area contributed by atoms with Gasteiger partial charge in [-0.05, 0) is 43.0 Å². The fourth-order valence-electron chi connectivity index (χ4n) is 1.65. The van der Waals surface area contributed by atoms with E-state index in [1.165, 1.54) is 11.8 Å². The molecule has 0 fully saturated rings. The van der Waals surface area contributed by atoms with E-state index in [4.69, 9.17) is 40.0 Å². The van der Waals surface area contributed by atoms with Crippen LogP contribution in [0.5, 0.6) is 5.75 Å². The number of benzene rings is 2. The smallest absolute Gasteiger partial charge is 0.180 e. The molecule has 0 saturated heterocycles. The average Bonchev–Trinajstić information content (AvgIpc) is 2.64. The lowest BCUT2D eigenvalue weighted by atomic mass is 10.2. The highest BCUT2D eigenvalue weighted by molar-refractivity contribution is 8.13.